The summed E-state index contributed by atoms with van der Waals surface area (Å²) < 4.78 is 0. The maximum absolute atomic E-state index is 12.5. The summed E-state index contributed by atoms with van der Waals surface area (Å²) in [6.07, 6.45) is 0.154. The van der Waals surface area contributed by atoms with Crippen molar-refractivity contribution in [2.24, 2.45) is 5.92 Å². The lowest BCUT2D eigenvalue weighted by Gasteiger charge is -2.25. The molecule has 0 bridgehead atoms. The molecule has 1 aliphatic heterocycles. The molecule has 1 aliphatic rings. The van der Waals surface area contributed by atoms with Crippen LogP contribution in [-0.2, 0) is 9.59 Å². The van der Waals surface area contributed by atoms with Crippen LogP contribution in [0.5, 0.6) is 0 Å². The lowest BCUT2D eigenvalue weighted by Crippen LogP contribution is -2.30. The molecule has 26 heavy (non-hydrogen) atoms. The first kappa shape index (κ1) is 17.7. The number of likely N-dealkylation sites (tertiary alicyclic amines) is 1. The summed E-state index contributed by atoms with van der Waals surface area (Å²) in [4.78, 5) is 37.6. The summed E-state index contributed by atoms with van der Waals surface area (Å²) in [5, 5.41) is 11.7. The Hall–Kier alpha value is -3.15. The molecule has 1 heterocycles. The van der Waals surface area contributed by atoms with Crippen LogP contribution < -0.4 is 5.32 Å². The first-order chi connectivity index (χ1) is 12.5. The van der Waals surface area contributed by atoms with Crippen LogP contribution in [0.4, 0.5) is 5.69 Å². The topological polar surface area (TPSA) is 86.7 Å². The summed E-state index contributed by atoms with van der Waals surface area (Å²) in [5.41, 5.74) is 1.54. The van der Waals surface area contributed by atoms with Crippen LogP contribution in [0.2, 0.25) is 0 Å². The van der Waals surface area contributed by atoms with Crippen molar-refractivity contribution in [3.63, 3.8) is 0 Å². The minimum atomic E-state index is -1.06. The summed E-state index contributed by atoms with van der Waals surface area (Å²) in [7, 11) is 0. The highest BCUT2D eigenvalue weighted by Gasteiger charge is 2.37. The molecule has 2 atom stereocenters. The van der Waals surface area contributed by atoms with Crippen LogP contribution in [0.25, 0.3) is 0 Å². The minimum absolute atomic E-state index is 0.0548. The Labute approximate surface area is 151 Å². The highest BCUT2D eigenvalue weighted by Crippen LogP contribution is 2.29. The summed E-state index contributed by atoms with van der Waals surface area (Å²) >= 11 is 0. The first-order valence-electron chi connectivity index (χ1n) is 8.44. The van der Waals surface area contributed by atoms with Gasteiger partial charge in [0.25, 0.3) is 0 Å². The third kappa shape index (κ3) is 3.74. The summed E-state index contributed by atoms with van der Waals surface area (Å²) in [5.74, 6) is -1.84. The number of nitrogens with zero attached hydrogens (tertiary/aromatic N) is 1. The van der Waals surface area contributed by atoms with E-state index >= 15 is 0 Å². The predicted molar refractivity (Wildman–Crippen MR) is 96.7 cm³/mol. The monoisotopic (exact) mass is 352 g/mol. The van der Waals surface area contributed by atoms with Gasteiger partial charge in [-0.3, -0.25) is 9.59 Å². The molecule has 0 unspecified atom stereocenters. The van der Waals surface area contributed by atoms with Crippen molar-refractivity contribution in [1.82, 2.24) is 4.90 Å². The van der Waals surface area contributed by atoms with E-state index in [1.165, 1.54) is 12.1 Å². The normalized spacial score (nSPS) is 17.8. The molecule has 0 aromatic heterocycles. The van der Waals surface area contributed by atoms with Gasteiger partial charge in [-0.25, -0.2) is 4.79 Å². The minimum Gasteiger partial charge on any atom is -0.478 e. The van der Waals surface area contributed by atoms with E-state index in [2.05, 4.69) is 5.32 Å². The predicted octanol–water partition coefficient (Wildman–Crippen LogP) is 2.93. The number of hydrogen-bond donors (Lipinski definition) is 2. The van der Waals surface area contributed by atoms with E-state index in [1.807, 2.05) is 37.3 Å². The van der Waals surface area contributed by atoms with Gasteiger partial charge >= 0.3 is 5.97 Å². The fourth-order valence-corrected chi connectivity index (χ4v) is 3.17. The molecule has 2 aromatic carbocycles. The molecule has 0 radical (unpaired) electrons. The number of carboxylic acids is 1. The number of carbonyl (C=O) groups is 3. The van der Waals surface area contributed by atoms with E-state index in [0.29, 0.717) is 12.2 Å². The van der Waals surface area contributed by atoms with E-state index < -0.39 is 11.9 Å². The van der Waals surface area contributed by atoms with Gasteiger partial charge < -0.3 is 15.3 Å². The standard InChI is InChI=1S/C20H20N2O4/c1-13(14-6-3-2-4-7-14)22-12-16(11-18(22)23)19(24)21-17-9-5-8-15(10-17)20(25)26/h2-10,13,16H,11-12H2,1H3,(H,21,24)(H,25,26)/t13-,16-/m0/s1. The second kappa shape index (κ2) is 7.39. The van der Waals surface area contributed by atoms with Crippen molar-refractivity contribution >= 4 is 23.5 Å². The Balaban J connectivity index is 1.67. The van der Waals surface area contributed by atoms with Gasteiger partial charge in [0, 0.05) is 18.7 Å². The van der Waals surface area contributed by atoms with Gasteiger partial charge in [-0.1, -0.05) is 36.4 Å². The lowest BCUT2D eigenvalue weighted by molar-refractivity contribution is -0.129. The van der Waals surface area contributed by atoms with Gasteiger partial charge in [0.05, 0.1) is 17.5 Å². The van der Waals surface area contributed by atoms with Gasteiger partial charge in [0.1, 0.15) is 0 Å². The van der Waals surface area contributed by atoms with Gasteiger partial charge in [0.15, 0.2) is 0 Å². The van der Waals surface area contributed by atoms with Crippen molar-refractivity contribution in [3.05, 3.63) is 65.7 Å². The molecule has 0 spiro atoms. The zero-order valence-electron chi connectivity index (χ0n) is 14.4. The van der Waals surface area contributed by atoms with Crippen molar-refractivity contribution in [2.75, 3.05) is 11.9 Å². The molecule has 1 fully saturated rings. The molecule has 1 saturated heterocycles. The molecule has 134 valence electrons. The second-order valence-electron chi connectivity index (χ2n) is 6.41. The molecule has 6 nitrogen and oxygen atoms in total. The third-order valence-electron chi connectivity index (χ3n) is 4.66. The van der Waals surface area contributed by atoms with Gasteiger partial charge in [-0.15, -0.1) is 0 Å². The van der Waals surface area contributed by atoms with E-state index in [1.54, 1.807) is 17.0 Å². The number of carboxylic acid groups (broad SMARTS) is 1. The molecule has 6 heteroatoms. The number of carbonyl (C=O) groups excluding carboxylic acids is 2. The Morgan fingerprint density at radius 3 is 2.58 bits per heavy atom. The van der Waals surface area contributed by atoms with Gasteiger partial charge in [-0.2, -0.15) is 0 Å². The Morgan fingerprint density at radius 1 is 1.15 bits per heavy atom. The van der Waals surface area contributed by atoms with Crippen molar-refractivity contribution < 1.29 is 19.5 Å². The maximum atomic E-state index is 12.5. The second-order valence-corrected chi connectivity index (χ2v) is 6.41. The van der Waals surface area contributed by atoms with Crippen molar-refractivity contribution in [2.45, 2.75) is 19.4 Å². The average molecular weight is 352 g/mol. The quantitative estimate of drug-likeness (QED) is 0.866. The maximum Gasteiger partial charge on any atom is 0.335 e. The van der Waals surface area contributed by atoms with Crippen LogP contribution in [0, 0.1) is 5.92 Å². The van der Waals surface area contributed by atoms with Crippen LogP contribution in [0.3, 0.4) is 0 Å². The average Bonchev–Trinajstić information content (AvgIpc) is 3.04. The molecule has 0 aliphatic carbocycles. The van der Waals surface area contributed by atoms with Crippen molar-refractivity contribution in [3.8, 4) is 0 Å². The van der Waals surface area contributed by atoms with Crippen LogP contribution in [-0.4, -0.2) is 34.3 Å². The number of amides is 2. The molecular weight excluding hydrogens is 332 g/mol. The van der Waals surface area contributed by atoms with E-state index in [4.69, 9.17) is 5.11 Å². The fourth-order valence-electron chi connectivity index (χ4n) is 3.17. The molecule has 2 aromatic rings. The molecular formula is C20H20N2O4. The van der Waals surface area contributed by atoms with Crippen molar-refractivity contribution in [1.29, 1.82) is 0 Å². The van der Waals surface area contributed by atoms with Gasteiger partial charge in [-0.05, 0) is 30.7 Å². The summed E-state index contributed by atoms with van der Waals surface area (Å²) in [6, 6.07) is 15.7. The van der Waals surface area contributed by atoms with E-state index in [9.17, 15) is 14.4 Å². The zero-order chi connectivity index (χ0) is 18.7. The molecule has 2 amide bonds. The lowest BCUT2D eigenvalue weighted by atomic mass is 10.1. The number of nitrogens with one attached hydrogen (secondary N) is 1. The largest absolute Gasteiger partial charge is 0.478 e. The van der Waals surface area contributed by atoms with E-state index in [-0.39, 0.29) is 29.8 Å². The SMILES string of the molecule is C[C@@H](c1ccccc1)N1C[C@@H](C(=O)Nc2cccc(C(=O)O)c2)CC1=O. The number of benzene rings is 2. The van der Waals surface area contributed by atoms with E-state index in [0.717, 1.165) is 5.56 Å². The van der Waals surface area contributed by atoms with Gasteiger partial charge in [0.2, 0.25) is 11.8 Å². The smallest absolute Gasteiger partial charge is 0.335 e. The molecule has 0 saturated carbocycles. The highest BCUT2D eigenvalue weighted by atomic mass is 16.4. The number of rotatable bonds is 5. The number of aromatic carboxylic acids is 1. The fraction of sp³-hybridized carbons (Fsp3) is 0.250. The number of hydrogen-bond acceptors (Lipinski definition) is 3. The van der Waals surface area contributed by atoms with Crippen LogP contribution >= 0.6 is 0 Å². The Kier molecular flexibility index (Phi) is 5.02. The molecule has 3 rings (SSSR count). The Bertz CT molecular complexity index is 835. The third-order valence-corrected chi connectivity index (χ3v) is 4.66. The number of anilines is 1. The highest BCUT2D eigenvalue weighted by molar-refractivity contribution is 5.98. The Morgan fingerprint density at radius 2 is 1.88 bits per heavy atom. The summed E-state index contributed by atoms with van der Waals surface area (Å²) in [6.45, 7) is 2.29. The first-order valence-corrected chi connectivity index (χ1v) is 8.44. The van der Waals surface area contributed by atoms with Crippen LogP contribution in [0.1, 0.15) is 35.3 Å². The molecule has 2 N–H and O–H groups in total. The zero-order valence-corrected chi connectivity index (χ0v) is 14.4. The van der Waals surface area contributed by atoms with Crippen LogP contribution in [0.15, 0.2) is 54.6 Å².